The second kappa shape index (κ2) is 7.84. The zero-order valence-corrected chi connectivity index (χ0v) is 17.2. The summed E-state index contributed by atoms with van der Waals surface area (Å²) in [5, 5.41) is 10.8. The van der Waals surface area contributed by atoms with E-state index in [0.29, 0.717) is 18.8 Å². The molecule has 4 heterocycles. The van der Waals surface area contributed by atoms with Crippen LogP contribution in [0.15, 0.2) is 18.3 Å². The van der Waals surface area contributed by atoms with Crippen molar-refractivity contribution < 1.29 is 9.90 Å². The molecule has 0 saturated carbocycles. The van der Waals surface area contributed by atoms with Crippen LogP contribution >= 0.6 is 0 Å². The Morgan fingerprint density at radius 1 is 1.21 bits per heavy atom. The van der Waals surface area contributed by atoms with E-state index in [0.717, 1.165) is 68.6 Å². The molecular weight excluding hydrogens is 352 g/mol. The summed E-state index contributed by atoms with van der Waals surface area (Å²) >= 11 is 0. The fourth-order valence-corrected chi connectivity index (χ4v) is 4.66. The highest BCUT2D eigenvalue weighted by atomic mass is 16.3. The van der Waals surface area contributed by atoms with Crippen molar-refractivity contribution in [1.82, 2.24) is 19.2 Å². The molecular formula is C22H32N4O2. The molecule has 1 amide bonds. The molecule has 0 aromatic carbocycles. The van der Waals surface area contributed by atoms with Gasteiger partial charge >= 0.3 is 0 Å². The first-order valence-electron chi connectivity index (χ1n) is 10.7. The molecule has 2 saturated heterocycles. The Labute approximate surface area is 167 Å². The molecule has 2 aliphatic heterocycles. The molecule has 2 fully saturated rings. The number of likely N-dealkylation sites (tertiary alicyclic amines) is 2. The molecule has 1 N–H and O–H groups in total. The van der Waals surface area contributed by atoms with Gasteiger partial charge in [-0.2, -0.15) is 0 Å². The summed E-state index contributed by atoms with van der Waals surface area (Å²) in [5.74, 6) is 0.0561. The van der Waals surface area contributed by atoms with Gasteiger partial charge < -0.3 is 14.4 Å². The van der Waals surface area contributed by atoms with Gasteiger partial charge in [0.25, 0.3) is 5.91 Å². The van der Waals surface area contributed by atoms with Crippen LogP contribution in [0.25, 0.3) is 5.65 Å². The molecule has 2 aliphatic rings. The number of piperidine rings is 2. The number of carbonyl (C=O) groups excluding carboxylic acids is 1. The van der Waals surface area contributed by atoms with Crippen molar-refractivity contribution in [2.45, 2.75) is 64.5 Å². The van der Waals surface area contributed by atoms with Crippen LogP contribution in [0.1, 0.15) is 67.2 Å². The summed E-state index contributed by atoms with van der Waals surface area (Å²) in [7, 11) is 0. The number of β-amino-alcohol motifs (C(OH)–C–C–N with tert-alkyl or cyclic N) is 1. The maximum absolute atomic E-state index is 13.3. The van der Waals surface area contributed by atoms with Crippen molar-refractivity contribution in [3.63, 3.8) is 0 Å². The number of imidazole rings is 1. The first kappa shape index (κ1) is 19.4. The zero-order chi connectivity index (χ0) is 19.7. The van der Waals surface area contributed by atoms with E-state index in [9.17, 15) is 9.90 Å². The van der Waals surface area contributed by atoms with Crippen LogP contribution in [0, 0.1) is 6.92 Å². The predicted octanol–water partition coefficient (Wildman–Crippen LogP) is 3.01. The molecule has 1 atom stereocenters. The van der Waals surface area contributed by atoms with Crippen molar-refractivity contribution in [2.24, 2.45) is 0 Å². The third kappa shape index (κ3) is 3.67. The van der Waals surface area contributed by atoms with E-state index in [1.807, 2.05) is 37.1 Å². The molecule has 0 unspecified atom stereocenters. The maximum Gasteiger partial charge on any atom is 0.274 e. The average molecular weight is 385 g/mol. The summed E-state index contributed by atoms with van der Waals surface area (Å²) in [5.41, 5.74) is 2.85. The molecule has 0 spiro atoms. The third-order valence-corrected chi connectivity index (χ3v) is 6.46. The van der Waals surface area contributed by atoms with Crippen LogP contribution in [-0.2, 0) is 6.54 Å². The van der Waals surface area contributed by atoms with Gasteiger partial charge in [-0.25, -0.2) is 4.98 Å². The van der Waals surface area contributed by atoms with Crippen LogP contribution in [0.5, 0.6) is 0 Å². The average Bonchev–Trinajstić information content (AvgIpc) is 3.08. The van der Waals surface area contributed by atoms with E-state index in [-0.39, 0.29) is 5.91 Å². The summed E-state index contributed by atoms with van der Waals surface area (Å²) in [6, 6.07) is 4.05. The second-order valence-electron chi connectivity index (χ2n) is 8.54. The minimum atomic E-state index is -0.619. The van der Waals surface area contributed by atoms with Gasteiger partial charge in [-0.15, -0.1) is 0 Å². The number of aromatic nitrogens is 2. The fraction of sp³-hybridized carbons (Fsp3) is 0.636. The lowest BCUT2D eigenvalue weighted by atomic mass is 9.90. The first-order valence-corrected chi connectivity index (χ1v) is 10.7. The number of carbonyl (C=O) groups is 1. The summed E-state index contributed by atoms with van der Waals surface area (Å²) < 4.78 is 2.08. The number of aliphatic hydroxyl groups is 1. The Kier molecular flexibility index (Phi) is 5.43. The molecule has 0 aliphatic carbocycles. The SMILES string of the molecule is CC[C@]1(O)CCCN(Cc2c(C(=O)N3CCCCC3)nc3c(C)cccn23)C1. The van der Waals surface area contributed by atoms with Gasteiger partial charge in [-0.1, -0.05) is 13.0 Å². The number of fused-ring (bicyclic) bond motifs is 1. The van der Waals surface area contributed by atoms with E-state index < -0.39 is 5.60 Å². The fourth-order valence-electron chi connectivity index (χ4n) is 4.66. The zero-order valence-electron chi connectivity index (χ0n) is 17.2. The van der Waals surface area contributed by atoms with Crippen LogP contribution in [0.2, 0.25) is 0 Å². The van der Waals surface area contributed by atoms with Crippen LogP contribution in [0.3, 0.4) is 0 Å². The number of hydrogen-bond acceptors (Lipinski definition) is 4. The minimum Gasteiger partial charge on any atom is -0.389 e. The normalized spacial score (nSPS) is 24.0. The molecule has 0 bridgehead atoms. The van der Waals surface area contributed by atoms with E-state index in [2.05, 4.69) is 9.30 Å². The van der Waals surface area contributed by atoms with Crippen molar-refractivity contribution in [3.8, 4) is 0 Å². The highest BCUT2D eigenvalue weighted by Gasteiger charge is 2.33. The van der Waals surface area contributed by atoms with E-state index in [4.69, 9.17) is 4.98 Å². The van der Waals surface area contributed by atoms with Gasteiger partial charge in [0, 0.05) is 32.4 Å². The first-order chi connectivity index (χ1) is 13.5. The highest BCUT2D eigenvalue weighted by molar-refractivity contribution is 5.94. The van der Waals surface area contributed by atoms with Crippen molar-refractivity contribution in [3.05, 3.63) is 35.3 Å². The Balaban J connectivity index is 1.69. The van der Waals surface area contributed by atoms with E-state index in [1.54, 1.807) is 0 Å². The van der Waals surface area contributed by atoms with Crippen LogP contribution in [0.4, 0.5) is 0 Å². The van der Waals surface area contributed by atoms with Gasteiger partial charge in [0.2, 0.25) is 0 Å². The van der Waals surface area contributed by atoms with E-state index >= 15 is 0 Å². The Morgan fingerprint density at radius 3 is 2.75 bits per heavy atom. The predicted molar refractivity (Wildman–Crippen MR) is 109 cm³/mol. The number of amides is 1. The highest BCUT2D eigenvalue weighted by Crippen LogP contribution is 2.27. The van der Waals surface area contributed by atoms with Crippen molar-refractivity contribution >= 4 is 11.6 Å². The molecule has 4 rings (SSSR count). The molecule has 0 radical (unpaired) electrons. The smallest absolute Gasteiger partial charge is 0.274 e. The summed E-state index contributed by atoms with van der Waals surface area (Å²) in [6.07, 6.45) is 7.95. The van der Waals surface area contributed by atoms with Gasteiger partial charge in [-0.05, 0) is 63.6 Å². The third-order valence-electron chi connectivity index (χ3n) is 6.46. The molecule has 2 aromatic rings. The van der Waals surface area contributed by atoms with E-state index in [1.165, 1.54) is 6.42 Å². The van der Waals surface area contributed by atoms with Crippen molar-refractivity contribution in [1.29, 1.82) is 0 Å². The monoisotopic (exact) mass is 384 g/mol. The Bertz CT molecular complexity index is 856. The summed E-state index contributed by atoms with van der Waals surface area (Å²) in [4.78, 5) is 22.3. The molecule has 28 heavy (non-hydrogen) atoms. The molecule has 2 aromatic heterocycles. The van der Waals surface area contributed by atoms with Gasteiger partial charge in [-0.3, -0.25) is 9.69 Å². The Morgan fingerprint density at radius 2 is 2.00 bits per heavy atom. The van der Waals surface area contributed by atoms with Gasteiger partial charge in [0.1, 0.15) is 5.65 Å². The van der Waals surface area contributed by atoms with Crippen molar-refractivity contribution in [2.75, 3.05) is 26.2 Å². The largest absolute Gasteiger partial charge is 0.389 e. The lowest BCUT2D eigenvalue weighted by molar-refractivity contribution is -0.0361. The quantitative estimate of drug-likeness (QED) is 0.880. The molecule has 6 heteroatoms. The number of pyridine rings is 1. The van der Waals surface area contributed by atoms with Crippen LogP contribution in [-0.4, -0.2) is 62.0 Å². The molecule has 6 nitrogen and oxygen atoms in total. The number of nitrogens with zero attached hydrogens (tertiary/aromatic N) is 4. The lowest BCUT2D eigenvalue weighted by Crippen LogP contribution is -2.47. The van der Waals surface area contributed by atoms with Crippen LogP contribution < -0.4 is 0 Å². The number of hydrogen-bond donors (Lipinski definition) is 1. The number of aryl methyl sites for hydroxylation is 1. The molecule has 152 valence electrons. The topological polar surface area (TPSA) is 61.1 Å². The maximum atomic E-state index is 13.3. The van der Waals surface area contributed by atoms with Gasteiger partial charge in [0.05, 0.1) is 11.3 Å². The summed E-state index contributed by atoms with van der Waals surface area (Å²) in [6.45, 7) is 7.97. The number of rotatable bonds is 4. The Hall–Kier alpha value is -1.92. The second-order valence-corrected chi connectivity index (χ2v) is 8.54. The standard InChI is InChI=1S/C22H32N4O2/c1-3-22(28)10-8-11-24(16-22)15-18-19(21(27)25-12-5-4-6-13-25)23-20-17(2)9-7-14-26(18)20/h7,9,14,28H,3-6,8,10-13,15-16H2,1-2H3/t22-/m0/s1. The minimum absolute atomic E-state index is 0.0561. The van der Waals surface area contributed by atoms with Gasteiger partial charge in [0.15, 0.2) is 5.69 Å². The lowest BCUT2D eigenvalue weighted by Gasteiger charge is -2.38.